The van der Waals surface area contributed by atoms with Gasteiger partial charge in [-0.25, -0.2) is 0 Å². The first-order chi connectivity index (χ1) is 7.04. The summed E-state index contributed by atoms with van der Waals surface area (Å²) in [6, 6.07) is 5.97. The van der Waals surface area contributed by atoms with Crippen LogP contribution in [0.1, 0.15) is 19.4 Å². The molecule has 1 rings (SSSR count). The molecule has 3 heteroatoms. The van der Waals surface area contributed by atoms with Gasteiger partial charge in [-0.2, -0.15) is 0 Å². The third-order valence-electron chi connectivity index (χ3n) is 2.29. The molecule has 0 aliphatic heterocycles. The highest BCUT2D eigenvalue weighted by Crippen LogP contribution is 2.25. The van der Waals surface area contributed by atoms with Gasteiger partial charge in [0.25, 0.3) is 0 Å². The fraction of sp³-hybridized carbons (Fsp3) is 0.333. The molecule has 1 atom stereocenters. The molecule has 1 aromatic rings. The average molecular weight is 270 g/mol. The third-order valence-corrected chi connectivity index (χ3v) is 2.79. The van der Waals surface area contributed by atoms with Crippen LogP contribution in [0.3, 0.4) is 0 Å². The van der Waals surface area contributed by atoms with E-state index in [0.717, 1.165) is 21.4 Å². The molecule has 82 valence electrons. The zero-order valence-electron chi connectivity index (χ0n) is 9.25. The van der Waals surface area contributed by atoms with Gasteiger partial charge in [-0.15, -0.1) is 0 Å². The van der Waals surface area contributed by atoms with Crippen LogP contribution < -0.4 is 10.5 Å². The predicted molar refractivity (Wildman–Crippen MR) is 68.0 cm³/mol. The van der Waals surface area contributed by atoms with Crippen molar-refractivity contribution < 1.29 is 4.74 Å². The van der Waals surface area contributed by atoms with Crippen molar-refractivity contribution in [1.29, 1.82) is 0 Å². The highest BCUT2D eigenvalue weighted by molar-refractivity contribution is 9.10. The Morgan fingerprint density at radius 2 is 2.20 bits per heavy atom. The molecule has 2 N–H and O–H groups in total. The Morgan fingerprint density at radius 1 is 1.53 bits per heavy atom. The van der Waals surface area contributed by atoms with E-state index in [0.29, 0.717) is 0 Å². The number of nitrogens with two attached hydrogens (primary N) is 1. The van der Waals surface area contributed by atoms with Crippen LogP contribution in [0.25, 0.3) is 6.08 Å². The molecule has 15 heavy (non-hydrogen) atoms. The summed E-state index contributed by atoms with van der Waals surface area (Å²) in [5.74, 6) is 0.859. The molecule has 0 radical (unpaired) electrons. The number of hydrogen-bond acceptors (Lipinski definition) is 2. The number of halogens is 1. The standard InChI is InChI=1S/C12H16BrNO/c1-8(9(2)14)6-10-7-11(13)4-5-12(10)15-3/h4-7,9H,14H2,1-3H3/b8-6-. The molecule has 1 aromatic carbocycles. The summed E-state index contributed by atoms with van der Waals surface area (Å²) in [5.41, 5.74) is 7.97. The summed E-state index contributed by atoms with van der Waals surface area (Å²) in [5, 5.41) is 0. The molecule has 1 unspecified atom stereocenters. The molecule has 0 fully saturated rings. The number of methoxy groups -OCH3 is 1. The molecular formula is C12H16BrNO. The van der Waals surface area contributed by atoms with Gasteiger partial charge >= 0.3 is 0 Å². The Labute approximate surface area is 99.3 Å². The lowest BCUT2D eigenvalue weighted by Crippen LogP contribution is -2.15. The van der Waals surface area contributed by atoms with Gasteiger partial charge in [0.05, 0.1) is 7.11 Å². The molecule has 0 bridgehead atoms. The molecule has 0 saturated heterocycles. The van der Waals surface area contributed by atoms with Crippen molar-refractivity contribution >= 4 is 22.0 Å². The van der Waals surface area contributed by atoms with Crippen LogP contribution in [0, 0.1) is 0 Å². The first-order valence-corrected chi connectivity index (χ1v) is 5.61. The minimum Gasteiger partial charge on any atom is -0.496 e. The third kappa shape index (κ3) is 3.36. The second-order valence-electron chi connectivity index (χ2n) is 3.56. The topological polar surface area (TPSA) is 35.2 Å². The van der Waals surface area contributed by atoms with Crippen molar-refractivity contribution in [1.82, 2.24) is 0 Å². The van der Waals surface area contributed by atoms with E-state index < -0.39 is 0 Å². The van der Waals surface area contributed by atoms with Gasteiger partial charge in [0.2, 0.25) is 0 Å². The van der Waals surface area contributed by atoms with Crippen molar-refractivity contribution in [2.75, 3.05) is 7.11 Å². The van der Waals surface area contributed by atoms with Crippen LogP contribution >= 0.6 is 15.9 Å². The van der Waals surface area contributed by atoms with E-state index in [9.17, 15) is 0 Å². The number of rotatable bonds is 3. The summed E-state index contributed by atoms with van der Waals surface area (Å²) in [7, 11) is 1.67. The number of hydrogen-bond donors (Lipinski definition) is 1. The molecule has 0 spiro atoms. The Hall–Kier alpha value is -0.800. The molecule has 0 aromatic heterocycles. The van der Waals surface area contributed by atoms with Crippen LogP contribution in [-0.2, 0) is 0 Å². The Morgan fingerprint density at radius 3 is 2.73 bits per heavy atom. The lowest BCUT2D eigenvalue weighted by Gasteiger charge is -2.09. The lowest BCUT2D eigenvalue weighted by atomic mass is 10.1. The first-order valence-electron chi connectivity index (χ1n) is 4.82. The van der Waals surface area contributed by atoms with Gasteiger partial charge in [-0.1, -0.05) is 27.6 Å². The molecule has 0 saturated carbocycles. The molecule has 2 nitrogen and oxygen atoms in total. The Balaban J connectivity index is 3.12. The van der Waals surface area contributed by atoms with Gasteiger partial charge < -0.3 is 10.5 Å². The summed E-state index contributed by atoms with van der Waals surface area (Å²) in [4.78, 5) is 0. The number of benzene rings is 1. The maximum absolute atomic E-state index is 5.79. The normalized spacial score (nSPS) is 13.8. The minimum absolute atomic E-state index is 0.0636. The van der Waals surface area contributed by atoms with Crippen molar-refractivity contribution in [2.24, 2.45) is 5.73 Å². The number of ether oxygens (including phenoxy) is 1. The van der Waals surface area contributed by atoms with Gasteiger partial charge in [0.15, 0.2) is 0 Å². The van der Waals surface area contributed by atoms with Crippen molar-refractivity contribution in [3.05, 3.63) is 33.8 Å². The van der Waals surface area contributed by atoms with Crippen molar-refractivity contribution in [2.45, 2.75) is 19.9 Å². The van der Waals surface area contributed by atoms with E-state index in [1.54, 1.807) is 7.11 Å². The zero-order chi connectivity index (χ0) is 11.4. The SMILES string of the molecule is COc1ccc(Br)cc1/C=C(/C)C(C)N. The Kier molecular flexibility index (Phi) is 4.36. The highest BCUT2D eigenvalue weighted by Gasteiger charge is 2.03. The van der Waals surface area contributed by atoms with Crippen LogP contribution in [-0.4, -0.2) is 13.2 Å². The lowest BCUT2D eigenvalue weighted by molar-refractivity contribution is 0.413. The second-order valence-corrected chi connectivity index (χ2v) is 4.48. The summed E-state index contributed by atoms with van der Waals surface area (Å²) < 4.78 is 6.31. The van der Waals surface area contributed by atoms with Gasteiger partial charge in [-0.3, -0.25) is 0 Å². The smallest absolute Gasteiger partial charge is 0.126 e. The van der Waals surface area contributed by atoms with Gasteiger partial charge in [-0.05, 0) is 32.0 Å². The largest absolute Gasteiger partial charge is 0.496 e. The van der Waals surface area contributed by atoms with Crippen LogP contribution in [0.4, 0.5) is 0 Å². The van der Waals surface area contributed by atoms with E-state index in [1.807, 2.05) is 38.1 Å². The van der Waals surface area contributed by atoms with E-state index in [4.69, 9.17) is 10.5 Å². The summed E-state index contributed by atoms with van der Waals surface area (Å²) in [6.07, 6.45) is 2.05. The minimum atomic E-state index is 0.0636. The quantitative estimate of drug-likeness (QED) is 0.915. The molecule has 0 aliphatic rings. The zero-order valence-corrected chi connectivity index (χ0v) is 10.8. The van der Waals surface area contributed by atoms with Crippen LogP contribution in [0.15, 0.2) is 28.2 Å². The molecule has 0 amide bonds. The van der Waals surface area contributed by atoms with Crippen LogP contribution in [0.2, 0.25) is 0 Å². The first kappa shape index (κ1) is 12.3. The van der Waals surface area contributed by atoms with E-state index in [1.165, 1.54) is 0 Å². The fourth-order valence-corrected chi connectivity index (χ4v) is 1.57. The second kappa shape index (κ2) is 5.33. The maximum Gasteiger partial charge on any atom is 0.126 e. The molecular weight excluding hydrogens is 254 g/mol. The molecule has 0 aliphatic carbocycles. The van der Waals surface area contributed by atoms with E-state index >= 15 is 0 Å². The van der Waals surface area contributed by atoms with Crippen molar-refractivity contribution in [3.63, 3.8) is 0 Å². The van der Waals surface area contributed by atoms with Gasteiger partial charge in [0.1, 0.15) is 5.75 Å². The van der Waals surface area contributed by atoms with Crippen LogP contribution in [0.5, 0.6) is 5.75 Å². The monoisotopic (exact) mass is 269 g/mol. The molecule has 0 heterocycles. The van der Waals surface area contributed by atoms with Crippen molar-refractivity contribution in [3.8, 4) is 5.75 Å². The van der Waals surface area contributed by atoms with Gasteiger partial charge in [0, 0.05) is 16.1 Å². The van der Waals surface area contributed by atoms with E-state index in [-0.39, 0.29) is 6.04 Å². The Bertz CT molecular complexity index is 372. The maximum atomic E-state index is 5.79. The fourth-order valence-electron chi connectivity index (χ4n) is 1.19. The predicted octanol–water partition coefficient (Wildman–Crippen LogP) is 3.21. The summed E-state index contributed by atoms with van der Waals surface area (Å²) in [6.45, 7) is 3.99. The summed E-state index contributed by atoms with van der Waals surface area (Å²) >= 11 is 3.44. The van der Waals surface area contributed by atoms with E-state index in [2.05, 4.69) is 15.9 Å². The average Bonchev–Trinajstić information content (AvgIpc) is 2.18. The highest BCUT2D eigenvalue weighted by atomic mass is 79.9.